The minimum absolute atomic E-state index is 0.0151. The Morgan fingerprint density at radius 1 is 1.58 bits per heavy atom. The minimum Gasteiger partial charge on any atom is -0.534 e. The first-order chi connectivity index (χ1) is 11.6. The smallest absolute Gasteiger partial charge is 0.534 e. The third-order valence-electron chi connectivity index (χ3n) is 3.32. The summed E-state index contributed by atoms with van der Waals surface area (Å²) < 4.78 is 23.5. The molecule has 126 valence electrons. The van der Waals surface area contributed by atoms with E-state index >= 15 is 0 Å². The van der Waals surface area contributed by atoms with Gasteiger partial charge in [-0.25, -0.2) is 9.18 Å². The van der Waals surface area contributed by atoms with E-state index in [1.807, 2.05) is 0 Å². The summed E-state index contributed by atoms with van der Waals surface area (Å²) >= 11 is 2.66. The van der Waals surface area contributed by atoms with Gasteiger partial charge in [-0.1, -0.05) is 29.2 Å². The topological polar surface area (TPSA) is 102 Å². The number of carboxylic acids is 1. The van der Waals surface area contributed by atoms with Crippen molar-refractivity contribution < 1.29 is 28.7 Å². The number of rotatable bonds is 6. The van der Waals surface area contributed by atoms with Gasteiger partial charge in [0, 0.05) is 0 Å². The van der Waals surface area contributed by atoms with E-state index in [-0.39, 0.29) is 28.8 Å². The molecule has 1 aliphatic rings. The molecule has 0 fully saturated rings. The Bertz CT molecular complexity index is 733. The summed E-state index contributed by atoms with van der Waals surface area (Å²) in [5.41, 5.74) is 2.01. The molecule has 2 aromatic rings. The number of aromatic carboxylic acids is 1. The number of halogens is 1. The lowest BCUT2D eigenvalue weighted by Crippen LogP contribution is -2.40. The number of fused-ring (bicyclic) bond motifs is 1. The fourth-order valence-electron chi connectivity index (χ4n) is 2.33. The Hall–Kier alpha value is -1.85. The molecular weight excluding hydrogens is 358 g/mol. The molecule has 1 aromatic carbocycles. The van der Waals surface area contributed by atoms with Crippen LogP contribution in [0.5, 0.6) is 11.5 Å². The maximum atomic E-state index is 12.3. The molecule has 0 aliphatic carbocycles. The second-order valence-corrected chi connectivity index (χ2v) is 7.16. The quantitative estimate of drug-likeness (QED) is 0.741. The van der Waals surface area contributed by atoms with Gasteiger partial charge >= 0.3 is 13.1 Å². The molecule has 24 heavy (non-hydrogen) atoms. The number of hydrogen-bond acceptors (Lipinski definition) is 8. The summed E-state index contributed by atoms with van der Waals surface area (Å²) in [5, 5.41) is 26.9. The largest absolute Gasteiger partial charge is 0.537 e. The van der Waals surface area contributed by atoms with E-state index in [9.17, 15) is 19.3 Å². The van der Waals surface area contributed by atoms with Crippen molar-refractivity contribution in [2.45, 2.75) is 15.9 Å². The normalized spacial score (nSPS) is 16.4. The fraction of sp³-hybridized carbons (Fsp3) is 0.308. The van der Waals surface area contributed by atoms with E-state index in [4.69, 9.17) is 9.39 Å². The van der Waals surface area contributed by atoms with E-state index in [1.54, 1.807) is 11.6 Å². The summed E-state index contributed by atoms with van der Waals surface area (Å²) in [6, 6.07) is 3.14. The maximum absolute atomic E-state index is 12.3. The highest BCUT2D eigenvalue weighted by Crippen LogP contribution is 2.40. The molecule has 1 atom stereocenters. The summed E-state index contributed by atoms with van der Waals surface area (Å²) in [6.45, 7) is -0.989. The van der Waals surface area contributed by atoms with Gasteiger partial charge in [0.15, 0.2) is 4.34 Å². The highest BCUT2D eigenvalue weighted by Gasteiger charge is 2.39. The van der Waals surface area contributed by atoms with E-state index in [0.29, 0.717) is 16.3 Å². The molecule has 0 radical (unpaired) electrons. The molecular formula is C13H12BFN2O5S2. The minimum atomic E-state index is -1.26. The molecule has 0 saturated heterocycles. The van der Waals surface area contributed by atoms with Crippen LogP contribution in [0, 0.1) is 0 Å². The third kappa shape index (κ3) is 3.47. The van der Waals surface area contributed by atoms with Crippen molar-refractivity contribution in [1.29, 1.82) is 0 Å². The molecule has 2 N–H and O–H groups in total. The van der Waals surface area contributed by atoms with E-state index in [2.05, 4.69) is 10.2 Å². The van der Waals surface area contributed by atoms with Gasteiger partial charge in [-0.3, -0.25) is 0 Å². The van der Waals surface area contributed by atoms with Crippen molar-refractivity contribution in [2.75, 3.05) is 13.3 Å². The Morgan fingerprint density at radius 2 is 2.42 bits per heavy atom. The first kappa shape index (κ1) is 17.0. The first-order valence-electron chi connectivity index (χ1n) is 6.95. The Kier molecular flexibility index (Phi) is 5.22. The lowest BCUT2D eigenvalue weighted by Gasteiger charge is -2.28. The van der Waals surface area contributed by atoms with Gasteiger partial charge in [0.25, 0.3) is 0 Å². The van der Waals surface area contributed by atoms with Crippen LogP contribution in [0.1, 0.15) is 15.9 Å². The van der Waals surface area contributed by atoms with Gasteiger partial charge in [-0.2, -0.15) is 0 Å². The molecule has 0 amide bonds. The highest BCUT2D eigenvalue weighted by atomic mass is 32.2. The van der Waals surface area contributed by atoms with E-state index in [0.717, 1.165) is 0 Å². The zero-order valence-corrected chi connectivity index (χ0v) is 13.8. The summed E-state index contributed by atoms with van der Waals surface area (Å²) in [7, 11) is -1.21. The van der Waals surface area contributed by atoms with Crippen molar-refractivity contribution in [3.8, 4) is 11.5 Å². The van der Waals surface area contributed by atoms with E-state index in [1.165, 1.54) is 29.2 Å². The number of aromatic nitrogens is 2. The van der Waals surface area contributed by atoms with Gasteiger partial charge in [0.1, 0.15) is 35.9 Å². The molecule has 3 rings (SSSR count). The highest BCUT2D eigenvalue weighted by molar-refractivity contribution is 8.02. The van der Waals surface area contributed by atoms with Crippen LogP contribution in [0.25, 0.3) is 0 Å². The molecule has 0 spiro atoms. The zero-order valence-electron chi connectivity index (χ0n) is 12.2. The molecule has 7 nitrogen and oxygen atoms in total. The predicted molar refractivity (Wildman–Crippen MR) is 86.7 cm³/mol. The van der Waals surface area contributed by atoms with E-state index < -0.39 is 19.8 Å². The van der Waals surface area contributed by atoms with Crippen LogP contribution in [0.15, 0.2) is 22.0 Å². The first-order valence-corrected chi connectivity index (χ1v) is 8.71. The van der Waals surface area contributed by atoms with Gasteiger partial charge in [-0.05, 0) is 18.1 Å². The predicted octanol–water partition coefficient (Wildman–Crippen LogP) is 1.70. The molecule has 0 unspecified atom stereocenters. The number of alkyl halides is 1. The summed E-state index contributed by atoms with van der Waals surface area (Å²) in [5.74, 6) is -1.19. The molecule has 1 aromatic heterocycles. The Balaban J connectivity index is 1.89. The summed E-state index contributed by atoms with van der Waals surface area (Å²) in [6.07, 6.45) is 0.393. The number of carboxylic acid groups (broad SMARTS) is 1. The molecule has 0 bridgehead atoms. The van der Waals surface area contributed by atoms with Gasteiger partial charge in [0.2, 0.25) is 0 Å². The number of nitrogens with zero attached hydrogens (tertiary/aromatic N) is 2. The number of ether oxygens (including phenoxy) is 1. The maximum Gasteiger partial charge on any atom is 0.537 e. The number of thioether (sulfide) groups is 1. The third-order valence-corrected chi connectivity index (χ3v) is 5.37. The number of carbonyl (C=O) groups is 1. The SMILES string of the molecule is O=C(O)c1c(OCCF)ccc2c1OB(O)[C@@H](Sc1nncs1)C2. The van der Waals surface area contributed by atoms with Crippen LogP contribution in [-0.4, -0.2) is 51.8 Å². The lowest BCUT2D eigenvalue weighted by molar-refractivity contribution is 0.0689. The van der Waals surface area contributed by atoms with Crippen molar-refractivity contribution >= 4 is 36.2 Å². The van der Waals surface area contributed by atoms with Crippen LogP contribution >= 0.6 is 23.1 Å². The average Bonchev–Trinajstić information content (AvgIpc) is 3.06. The zero-order chi connectivity index (χ0) is 17.1. The number of hydrogen-bond donors (Lipinski definition) is 2. The van der Waals surface area contributed by atoms with Crippen LogP contribution < -0.4 is 9.39 Å². The second-order valence-electron chi connectivity index (χ2n) is 4.84. The average molecular weight is 370 g/mol. The Labute approximate surface area is 145 Å². The van der Waals surface area contributed by atoms with Gasteiger partial charge in [-0.15, -0.1) is 10.2 Å². The van der Waals surface area contributed by atoms with Crippen molar-refractivity contribution in [2.24, 2.45) is 0 Å². The molecule has 1 aliphatic heterocycles. The molecule has 11 heteroatoms. The lowest BCUT2D eigenvalue weighted by atomic mass is 9.77. The Morgan fingerprint density at radius 3 is 3.08 bits per heavy atom. The van der Waals surface area contributed by atoms with Crippen LogP contribution in [0.4, 0.5) is 4.39 Å². The standard InChI is InChI=1S/C13H12BFN2O5S2/c15-3-4-21-8-2-1-7-5-9(24-13-17-16-6-23-13)14(20)22-11(7)10(8)12(18)19/h1-2,6,9,20H,3-5H2,(H,18,19)/t9-/m0/s1. The molecule has 0 saturated carbocycles. The number of benzene rings is 1. The van der Waals surface area contributed by atoms with Crippen molar-refractivity contribution in [1.82, 2.24) is 10.2 Å². The fourth-order valence-corrected chi connectivity index (χ4v) is 4.12. The van der Waals surface area contributed by atoms with Crippen molar-refractivity contribution in [3.63, 3.8) is 0 Å². The molecule has 2 heterocycles. The van der Waals surface area contributed by atoms with Crippen LogP contribution in [0.2, 0.25) is 0 Å². The van der Waals surface area contributed by atoms with Crippen LogP contribution in [0.3, 0.4) is 0 Å². The van der Waals surface area contributed by atoms with Crippen LogP contribution in [-0.2, 0) is 6.42 Å². The van der Waals surface area contributed by atoms with Gasteiger partial charge in [0.05, 0.1) is 5.15 Å². The van der Waals surface area contributed by atoms with Gasteiger partial charge < -0.3 is 19.5 Å². The van der Waals surface area contributed by atoms with Crippen molar-refractivity contribution in [3.05, 3.63) is 28.8 Å². The summed E-state index contributed by atoms with van der Waals surface area (Å²) in [4.78, 5) is 11.5. The second kappa shape index (κ2) is 7.37. The monoisotopic (exact) mass is 370 g/mol.